The van der Waals surface area contributed by atoms with E-state index in [9.17, 15) is 0 Å². The van der Waals surface area contributed by atoms with E-state index < -0.39 is 0 Å². The molecule has 0 aromatic heterocycles. The Balaban J connectivity index is 2.00. The molecule has 0 saturated heterocycles. The summed E-state index contributed by atoms with van der Waals surface area (Å²) in [6.07, 6.45) is 0. The van der Waals surface area contributed by atoms with Gasteiger partial charge in [0.1, 0.15) is 0 Å². The van der Waals surface area contributed by atoms with Crippen molar-refractivity contribution in [2.24, 2.45) is 0 Å². The van der Waals surface area contributed by atoms with Crippen LogP contribution in [0.4, 0.5) is 0 Å². The molecular formula is C25H18Se. The third-order valence-corrected chi connectivity index (χ3v) is 6.24. The van der Waals surface area contributed by atoms with Crippen LogP contribution in [0.15, 0.2) is 103 Å². The molecule has 0 spiro atoms. The molecule has 0 fully saturated rings. The van der Waals surface area contributed by atoms with E-state index in [4.69, 9.17) is 0 Å². The molecule has 1 aliphatic rings. The van der Waals surface area contributed by atoms with Crippen molar-refractivity contribution in [2.75, 3.05) is 0 Å². The molecule has 0 aliphatic heterocycles. The number of hydrogen-bond acceptors (Lipinski definition) is 0. The second-order valence-corrected chi connectivity index (χ2v) is 7.74. The molecule has 5 rings (SSSR count). The summed E-state index contributed by atoms with van der Waals surface area (Å²) in [5.74, 6) is 0. The first-order valence-electron chi connectivity index (χ1n) is 8.87. The minimum absolute atomic E-state index is 0.273. The monoisotopic (exact) mass is 398 g/mol. The van der Waals surface area contributed by atoms with Gasteiger partial charge in [-0.1, -0.05) is 0 Å². The molecule has 0 atom stereocenters. The fourth-order valence-corrected chi connectivity index (χ4v) is 5.16. The molecule has 0 heterocycles. The Hall–Kier alpha value is -2.60. The number of benzene rings is 4. The fourth-order valence-electron chi connectivity index (χ4n) is 4.47. The second-order valence-electron chi connectivity index (χ2n) is 6.73. The van der Waals surface area contributed by atoms with Crippen molar-refractivity contribution in [1.29, 1.82) is 0 Å². The van der Waals surface area contributed by atoms with Gasteiger partial charge in [0.15, 0.2) is 0 Å². The topological polar surface area (TPSA) is 0 Å². The standard InChI is InChI=1S/C25H18Se/c26-23-17-9-16-22-24(23)20-14-7-8-15-21(20)25(22,18-10-3-1-4-11-18)19-12-5-2-6-13-19/h1-17,26H. The molecule has 26 heavy (non-hydrogen) atoms. The van der Waals surface area contributed by atoms with Crippen molar-refractivity contribution in [3.8, 4) is 11.1 Å². The normalized spacial score (nSPS) is 13.9. The quantitative estimate of drug-likeness (QED) is 0.383. The summed E-state index contributed by atoms with van der Waals surface area (Å²) in [6, 6.07) is 37.3. The van der Waals surface area contributed by atoms with E-state index in [1.165, 1.54) is 37.8 Å². The van der Waals surface area contributed by atoms with Crippen LogP contribution >= 0.6 is 0 Å². The summed E-state index contributed by atoms with van der Waals surface area (Å²) < 4.78 is 1.27. The summed E-state index contributed by atoms with van der Waals surface area (Å²) in [7, 11) is 0. The summed E-state index contributed by atoms with van der Waals surface area (Å²) in [6.45, 7) is 0. The van der Waals surface area contributed by atoms with Gasteiger partial charge in [0.2, 0.25) is 0 Å². The summed E-state index contributed by atoms with van der Waals surface area (Å²) >= 11 is 2.75. The number of fused-ring (bicyclic) bond motifs is 3. The van der Waals surface area contributed by atoms with E-state index in [0.29, 0.717) is 0 Å². The zero-order chi connectivity index (χ0) is 17.6. The van der Waals surface area contributed by atoms with Crippen molar-refractivity contribution >= 4 is 20.5 Å². The predicted octanol–water partition coefficient (Wildman–Crippen LogP) is 4.58. The van der Waals surface area contributed by atoms with Crippen LogP contribution in [0.2, 0.25) is 0 Å². The summed E-state index contributed by atoms with van der Waals surface area (Å²) in [5.41, 5.74) is 7.79. The molecule has 124 valence electrons. The third-order valence-electron chi connectivity index (χ3n) is 5.46. The molecule has 0 bridgehead atoms. The van der Waals surface area contributed by atoms with E-state index in [1.54, 1.807) is 0 Å². The van der Waals surface area contributed by atoms with E-state index in [-0.39, 0.29) is 5.41 Å². The average Bonchev–Trinajstić information content (AvgIpc) is 3.02. The first-order chi connectivity index (χ1) is 12.8. The Morgan fingerprint density at radius 3 is 1.69 bits per heavy atom. The first-order valence-corrected chi connectivity index (χ1v) is 9.80. The Kier molecular flexibility index (Phi) is 3.60. The molecule has 0 nitrogen and oxygen atoms in total. The van der Waals surface area contributed by atoms with Gasteiger partial charge in [-0.15, -0.1) is 0 Å². The number of hydrogen-bond donors (Lipinski definition) is 0. The predicted molar refractivity (Wildman–Crippen MR) is 111 cm³/mol. The Labute approximate surface area is 162 Å². The van der Waals surface area contributed by atoms with E-state index in [2.05, 4.69) is 119 Å². The zero-order valence-electron chi connectivity index (χ0n) is 14.3. The van der Waals surface area contributed by atoms with Crippen molar-refractivity contribution in [1.82, 2.24) is 0 Å². The van der Waals surface area contributed by atoms with Crippen LogP contribution in [0.1, 0.15) is 22.3 Å². The maximum absolute atomic E-state index is 2.75. The zero-order valence-corrected chi connectivity index (χ0v) is 16.1. The van der Waals surface area contributed by atoms with E-state index >= 15 is 0 Å². The van der Waals surface area contributed by atoms with Crippen LogP contribution in [-0.4, -0.2) is 16.0 Å². The molecular weight excluding hydrogens is 379 g/mol. The van der Waals surface area contributed by atoms with Crippen LogP contribution in [0.5, 0.6) is 0 Å². The van der Waals surface area contributed by atoms with Crippen LogP contribution in [0, 0.1) is 0 Å². The fraction of sp³-hybridized carbons (Fsp3) is 0.0400. The third kappa shape index (κ3) is 2.02. The van der Waals surface area contributed by atoms with Gasteiger partial charge in [0.25, 0.3) is 0 Å². The van der Waals surface area contributed by atoms with Gasteiger partial charge >= 0.3 is 162 Å². The van der Waals surface area contributed by atoms with Gasteiger partial charge in [0, 0.05) is 0 Å². The molecule has 0 unspecified atom stereocenters. The maximum atomic E-state index is 2.75. The average molecular weight is 397 g/mol. The molecule has 0 amide bonds. The Morgan fingerprint density at radius 1 is 0.500 bits per heavy atom. The van der Waals surface area contributed by atoms with Gasteiger partial charge in [-0.2, -0.15) is 0 Å². The van der Waals surface area contributed by atoms with E-state index in [1.807, 2.05) is 0 Å². The SMILES string of the molecule is [SeH]c1cccc2c1-c1ccccc1C2(c1ccccc1)c1ccccc1. The van der Waals surface area contributed by atoms with Crippen LogP contribution in [-0.2, 0) is 5.41 Å². The molecule has 4 aromatic carbocycles. The molecule has 0 radical (unpaired) electrons. The van der Waals surface area contributed by atoms with Gasteiger partial charge in [-0.3, -0.25) is 0 Å². The van der Waals surface area contributed by atoms with Crippen molar-refractivity contribution in [3.05, 3.63) is 125 Å². The Bertz CT molecular complexity index is 1040. The summed E-state index contributed by atoms with van der Waals surface area (Å²) in [5, 5.41) is 0. The minimum atomic E-state index is -0.273. The molecule has 1 aliphatic carbocycles. The van der Waals surface area contributed by atoms with E-state index in [0.717, 1.165) is 0 Å². The van der Waals surface area contributed by atoms with Gasteiger partial charge < -0.3 is 0 Å². The molecule has 0 saturated carbocycles. The van der Waals surface area contributed by atoms with Crippen LogP contribution in [0.25, 0.3) is 11.1 Å². The van der Waals surface area contributed by atoms with Crippen molar-refractivity contribution in [3.63, 3.8) is 0 Å². The summed E-state index contributed by atoms with van der Waals surface area (Å²) in [4.78, 5) is 0. The molecule has 0 N–H and O–H groups in total. The first kappa shape index (κ1) is 15.6. The van der Waals surface area contributed by atoms with Gasteiger partial charge in [-0.05, 0) is 0 Å². The van der Waals surface area contributed by atoms with Crippen molar-refractivity contribution < 1.29 is 0 Å². The Morgan fingerprint density at radius 2 is 1.04 bits per heavy atom. The molecule has 4 aromatic rings. The second kappa shape index (κ2) is 5.98. The number of rotatable bonds is 2. The van der Waals surface area contributed by atoms with Gasteiger partial charge in [0.05, 0.1) is 0 Å². The molecule has 1 heteroatoms. The van der Waals surface area contributed by atoms with Crippen LogP contribution < -0.4 is 4.46 Å². The van der Waals surface area contributed by atoms with Crippen LogP contribution in [0.3, 0.4) is 0 Å². The van der Waals surface area contributed by atoms with Gasteiger partial charge in [-0.25, -0.2) is 0 Å². The van der Waals surface area contributed by atoms with Crippen molar-refractivity contribution in [2.45, 2.75) is 5.41 Å².